The molecule has 0 saturated heterocycles. The number of nitrogens with one attached hydrogen (secondary N) is 1. The number of benzene rings is 1. The van der Waals surface area contributed by atoms with Crippen molar-refractivity contribution in [3.63, 3.8) is 0 Å². The molecule has 0 atom stereocenters. The van der Waals surface area contributed by atoms with E-state index in [0.29, 0.717) is 0 Å². The summed E-state index contributed by atoms with van der Waals surface area (Å²) in [5, 5.41) is 31.0. The summed E-state index contributed by atoms with van der Waals surface area (Å²) in [6.07, 6.45) is 0.979. The molecule has 0 aliphatic carbocycles. The smallest absolute Gasteiger partial charge is 0.319 e. The number of rotatable bonds is 4. The van der Waals surface area contributed by atoms with Crippen molar-refractivity contribution in [2.45, 2.75) is 0 Å². The van der Waals surface area contributed by atoms with E-state index >= 15 is 0 Å². The fraction of sp³-hybridized carbons (Fsp3) is 0.0833. The lowest BCUT2D eigenvalue weighted by atomic mass is 10.1. The molecule has 1 aromatic rings. The van der Waals surface area contributed by atoms with E-state index in [1.807, 2.05) is 0 Å². The number of carbonyl (C=O) groups excluding carboxylic acids is 2. The number of methoxy groups -OCH3 is 1. The number of ether oxygens (including phenoxy) is 1. The first-order valence-corrected chi connectivity index (χ1v) is 5.58. The fourth-order valence-electron chi connectivity index (χ4n) is 1.49. The van der Waals surface area contributed by atoms with Crippen LogP contribution in [0.2, 0.25) is 0 Å². The number of amides is 3. The largest absolute Gasteiger partial charge is 0.500 e. The van der Waals surface area contributed by atoms with Gasteiger partial charge in [-0.25, -0.2) is 4.79 Å². The molecule has 0 heterocycles. The van der Waals surface area contributed by atoms with Crippen molar-refractivity contribution in [3.8, 4) is 17.6 Å². The highest BCUT2D eigenvalue weighted by atomic mass is 16.6. The molecule has 4 N–H and O–H groups in total. The number of nitro groups is 1. The van der Waals surface area contributed by atoms with Crippen LogP contribution in [0.15, 0.2) is 17.7 Å². The van der Waals surface area contributed by atoms with Crippen molar-refractivity contribution in [1.29, 1.82) is 5.26 Å². The van der Waals surface area contributed by atoms with Crippen LogP contribution in [0.4, 0.5) is 10.5 Å². The highest BCUT2D eigenvalue weighted by Gasteiger charge is 2.20. The van der Waals surface area contributed by atoms with Crippen LogP contribution in [0.25, 0.3) is 6.08 Å². The molecule has 0 fully saturated rings. The lowest BCUT2D eigenvalue weighted by Gasteiger charge is -2.06. The molecule has 0 unspecified atom stereocenters. The third kappa shape index (κ3) is 3.70. The zero-order valence-electron chi connectivity index (χ0n) is 11.2. The summed E-state index contributed by atoms with van der Waals surface area (Å²) < 4.78 is 4.78. The number of aromatic hydroxyl groups is 1. The van der Waals surface area contributed by atoms with Gasteiger partial charge in [0.05, 0.1) is 12.0 Å². The average molecular weight is 306 g/mol. The second-order valence-electron chi connectivity index (χ2n) is 3.84. The number of nitro benzene ring substituents is 1. The average Bonchev–Trinajstić information content (AvgIpc) is 2.44. The molecule has 3 amide bonds. The Kier molecular flexibility index (Phi) is 5.01. The van der Waals surface area contributed by atoms with Gasteiger partial charge < -0.3 is 15.6 Å². The zero-order valence-corrected chi connectivity index (χ0v) is 11.2. The molecule has 10 nitrogen and oxygen atoms in total. The van der Waals surface area contributed by atoms with E-state index < -0.39 is 33.9 Å². The number of hydrogen-bond donors (Lipinski definition) is 3. The third-order valence-corrected chi connectivity index (χ3v) is 2.41. The quantitative estimate of drug-likeness (QED) is 0.313. The number of phenolic OH excluding ortho intramolecular Hbond substituents is 1. The third-order valence-electron chi connectivity index (χ3n) is 2.41. The second kappa shape index (κ2) is 6.71. The van der Waals surface area contributed by atoms with Gasteiger partial charge in [-0.3, -0.25) is 20.2 Å². The van der Waals surface area contributed by atoms with Gasteiger partial charge in [-0.2, -0.15) is 5.26 Å². The zero-order chi connectivity index (χ0) is 16.9. The molecule has 1 rings (SSSR count). The Morgan fingerprint density at radius 1 is 1.55 bits per heavy atom. The summed E-state index contributed by atoms with van der Waals surface area (Å²) in [5.74, 6) is -1.97. The van der Waals surface area contributed by atoms with Crippen LogP contribution >= 0.6 is 0 Å². The first kappa shape index (κ1) is 16.4. The number of hydrogen-bond acceptors (Lipinski definition) is 7. The summed E-state index contributed by atoms with van der Waals surface area (Å²) >= 11 is 0. The lowest BCUT2D eigenvalue weighted by molar-refractivity contribution is -0.386. The number of carbonyl (C=O) groups is 2. The standard InChI is InChI=1S/C12H10N4O6/c1-22-9-4-6(3-8(10(9)17)16(20)21)2-7(5-13)11(18)15-12(14)19/h2-4,17H,1H3,(H3,14,15,18,19)/b7-2-. The summed E-state index contributed by atoms with van der Waals surface area (Å²) in [6.45, 7) is 0. The molecule has 1 aromatic carbocycles. The number of nitriles is 1. The maximum absolute atomic E-state index is 11.5. The van der Waals surface area contributed by atoms with E-state index in [-0.39, 0.29) is 11.3 Å². The topological polar surface area (TPSA) is 169 Å². The van der Waals surface area contributed by atoms with Crippen LogP contribution in [-0.2, 0) is 4.79 Å². The van der Waals surface area contributed by atoms with Crippen molar-refractivity contribution < 1.29 is 24.4 Å². The minimum absolute atomic E-state index is 0.0394. The van der Waals surface area contributed by atoms with Gasteiger partial charge in [0.1, 0.15) is 11.6 Å². The summed E-state index contributed by atoms with van der Waals surface area (Å²) in [5.41, 5.74) is 3.62. The first-order valence-electron chi connectivity index (χ1n) is 5.58. The van der Waals surface area contributed by atoms with E-state index in [1.165, 1.54) is 19.2 Å². The molecule has 0 spiro atoms. The molecular weight excluding hydrogens is 296 g/mol. The van der Waals surface area contributed by atoms with Crippen LogP contribution in [-0.4, -0.2) is 29.1 Å². The van der Waals surface area contributed by atoms with E-state index in [9.17, 15) is 24.8 Å². The number of primary amides is 1. The minimum atomic E-state index is -1.15. The first-order chi connectivity index (χ1) is 10.3. The van der Waals surface area contributed by atoms with Crippen molar-refractivity contribution in [2.75, 3.05) is 7.11 Å². The highest BCUT2D eigenvalue weighted by molar-refractivity contribution is 6.08. The molecule has 22 heavy (non-hydrogen) atoms. The van der Waals surface area contributed by atoms with Crippen LogP contribution in [0.1, 0.15) is 5.56 Å². The number of urea groups is 1. The second-order valence-corrected chi connectivity index (χ2v) is 3.84. The molecule has 10 heteroatoms. The van der Waals surface area contributed by atoms with Crippen molar-refractivity contribution in [1.82, 2.24) is 5.32 Å². The fourth-order valence-corrected chi connectivity index (χ4v) is 1.49. The summed E-state index contributed by atoms with van der Waals surface area (Å²) in [6, 6.07) is 2.49. The van der Waals surface area contributed by atoms with Crippen molar-refractivity contribution in [3.05, 3.63) is 33.4 Å². The summed E-state index contributed by atoms with van der Waals surface area (Å²) in [7, 11) is 1.18. The predicted octanol–water partition coefficient (Wildman–Crippen LogP) is 0.411. The lowest BCUT2D eigenvalue weighted by Crippen LogP contribution is -2.35. The van der Waals surface area contributed by atoms with Gasteiger partial charge in [0, 0.05) is 6.07 Å². The van der Waals surface area contributed by atoms with Gasteiger partial charge in [-0.1, -0.05) is 0 Å². The Bertz CT molecular complexity index is 719. The molecular formula is C12H10N4O6. The van der Waals surface area contributed by atoms with E-state index in [2.05, 4.69) is 0 Å². The van der Waals surface area contributed by atoms with Crippen LogP contribution in [0.5, 0.6) is 11.5 Å². The van der Waals surface area contributed by atoms with Gasteiger partial charge >= 0.3 is 11.7 Å². The number of nitrogens with two attached hydrogens (primary N) is 1. The molecule has 114 valence electrons. The Morgan fingerprint density at radius 3 is 2.64 bits per heavy atom. The van der Waals surface area contributed by atoms with E-state index in [0.717, 1.165) is 12.1 Å². The molecule has 0 aliphatic heterocycles. The van der Waals surface area contributed by atoms with Gasteiger partial charge in [-0.15, -0.1) is 0 Å². The number of imide groups is 1. The van der Waals surface area contributed by atoms with Crippen molar-refractivity contribution in [2.24, 2.45) is 5.73 Å². The van der Waals surface area contributed by atoms with E-state index in [1.54, 1.807) is 5.32 Å². The van der Waals surface area contributed by atoms with Crippen molar-refractivity contribution >= 4 is 23.7 Å². The SMILES string of the molecule is COc1cc(/C=C(/C#N)C(=O)NC(N)=O)cc([N+](=O)[O-])c1O. The Morgan fingerprint density at radius 2 is 2.18 bits per heavy atom. The minimum Gasteiger partial charge on any atom is -0.500 e. The maximum Gasteiger partial charge on any atom is 0.319 e. The van der Waals surface area contributed by atoms with Crippen LogP contribution < -0.4 is 15.8 Å². The molecule has 0 bridgehead atoms. The Balaban J connectivity index is 3.37. The van der Waals surface area contributed by atoms with Gasteiger partial charge in [0.25, 0.3) is 5.91 Å². The monoisotopic (exact) mass is 306 g/mol. The molecule has 0 radical (unpaired) electrons. The Hall–Kier alpha value is -3.61. The molecule has 0 aromatic heterocycles. The van der Waals surface area contributed by atoms with Gasteiger partial charge in [0.15, 0.2) is 5.75 Å². The van der Waals surface area contributed by atoms with Crippen LogP contribution in [0.3, 0.4) is 0 Å². The number of phenols is 1. The predicted molar refractivity (Wildman–Crippen MR) is 72.6 cm³/mol. The van der Waals surface area contributed by atoms with Crippen LogP contribution in [0, 0.1) is 21.4 Å². The van der Waals surface area contributed by atoms with Gasteiger partial charge in [-0.05, 0) is 17.7 Å². The molecule has 0 saturated carbocycles. The molecule has 0 aliphatic rings. The number of nitrogens with zero attached hydrogens (tertiary/aromatic N) is 2. The summed E-state index contributed by atoms with van der Waals surface area (Å²) in [4.78, 5) is 32.1. The normalized spacial score (nSPS) is 10.5. The van der Waals surface area contributed by atoms with Gasteiger partial charge in [0.2, 0.25) is 5.75 Å². The highest BCUT2D eigenvalue weighted by Crippen LogP contribution is 2.37. The maximum atomic E-state index is 11.5. The Labute approximate surface area is 123 Å². The van der Waals surface area contributed by atoms with E-state index in [4.69, 9.17) is 15.7 Å².